The van der Waals surface area contributed by atoms with Gasteiger partial charge in [-0.1, -0.05) is 51.5 Å². The molecular weight excluding hydrogens is 280 g/mol. The fourth-order valence-electron chi connectivity index (χ4n) is 2.83. The molecule has 0 saturated heterocycles. The van der Waals surface area contributed by atoms with E-state index in [0.717, 1.165) is 25.7 Å². The largest absolute Gasteiger partial charge is 0.481 e. The van der Waals surface area contributed by atoms with Crippen molar-refractivity contribution in [1.29, 1.82) is 0 Å². The molecule has 1 rings (SSSR count). The fourth-order valence-corrected chi connectivity index (χ4v) is 2.83. The molecule has 0 heterocycles. The van der Waals surface area contributed by atoms with Gasteiger partial charge in [-0.25, -0.2) is 0 Å². The van der Waals surface area contributed by atoms with Crippen molar-refractivity contribution in [3.05, 3.63) is 12.2 Å². The lowest BCUT2D eigenvalue weighted by molar-refractivity contribution is -0.137. The first-order valence-electron chi connectivity index (χ1n) is 8.70. The smallest absolute Gasteiger partial charge is 0.303 e. The van der Waals surface area contributed by atoms with Crippen molar-refractivity contribution in [2.75, 3.05) is 6.61 Å². The molecule has 0 aromatic carbocycles. The number of ketones is 1. The van der Waals surface area contributed by atoms with Crippen LogP contribution in [0.25, 0.3) is 0 Å². The van der Waals surface area contributed by atoms with Gasteiger partial charge in [0.1, 0.15) is 0 Å². The summed E-state index contributed by atoms with van der Waals surface area (Å²) in [6.45, 7) is 2.80. The molecule has 0 aromatic rings. The first-order chi connectivity index (χ1) is 10.6. The predicted molar refractivity (Wildman–Crippen MR) is 86.9 cm³/mol. The molecule has 0 fully saturated rings. The fraction of sp³-hybridized carbons (Fsp3) is 0.778. The average molecular weight is 310 g/mol. The Labute approximate surface area is 133 Å². The van der Waals surface area contributed by atoms with Gasteiger partial charge >= 0.3 is 5.97 Å². The van der Waals surface area contributed by atoms with E-state index in [0.29, 0.717) is 13.0 Å². The van der Waals surface area contributed by atoms with E-state index in [1.54, 1.807) is 6.08 Å². The number of carbonyl (C=O) groups excluding carboxylic acids is 1. The second kappa shape index (κ2) is 11.4. The van der Waals surface area contributed by atoms with Crippen LogP contribution in [-0.4, -0.2) is 29.6 Å². The van der Waals surface area contributed by atoms with Crippen molar-refractivity contribution in [1.82, 2.24) is 0 Å². The molecule has 126 valence electrons. The third kappa shape index (κ3) is 7.74. The van der Waals surface area contributed by atoms with Gasteiger partial charge in [-0.05, 0) is 25.3 Å². The first kappa shape index (κ1) is 18.9. The Morgan fingerprint density at radius 3 is 2.59 bits per heavy atom. The van der Waals surface area contributed by atoms with Crippen molar-refractivity contribution in [3.8, 4) is 0 Å². The number of hydrogen-bond donors (Lipinski definition) is 1. The molecule has 0 aliphatic heterocycles. The van der Waals surface area contributed by atoms with Crippen LogP contribution in [0, 0.1) is 5.92 Å². The molecule has 1 aliphatic rings. The van der Waals surface area contributed by atoms with Crippen molar-refractivity contribution in [2.24, 2.45) is 5.92 Å². The van der Waals surface area contributed by atoms with E-state index in [2.05, 4.69) is 6.92 Å². The maximum Gasteiger partial charge on any atom is 0.303 e. The normalized spacial score (nSPS) is 20.7. The van der Waals surface area contributed by atoms with Crippen molar-refractivity contribution < 1.29 is 19.4 Å². The summed E-state index contributed by atoms with van der Waals surface area (Å²) in [7, 11) is 0. The van der Waals surface area contributed by atoms with Gasteiger partial charge in [0, 0.05) is 13.0 Å². The highest BCUT2D eigenvalue weighted by Gasteiger charge is 2.29. The van der Waals surface area contributed by atoms with Gasteiger partial charge in [0.25, 0.3) is 0 Å². The quantitative estimate of drug-likeness (QED) is 0.519. The minimum absolute atomic E-state index is 0.000598. The van der Waals surface area contributed by atoms with Gasteiger partial charge < -0.3 is 9.84 Å². The van der Waals surface area contributed by atoms with Crippen LogP contribution in [0.15, 0.2) is 12.2 Å². The van der Waals surface area contributed by atoms with E-state index in [9.17, 15) is 9.59 Å². The highest BCUT2D eigenvalue weighted by Crippen LogP contribution is 2.25. The van der Waals surface area contributed by atoms with Crippen LogP contribution >= 0.6 is 0 Å². The highest BCUT2D eigenvalue weighted by molar-refractivity contribution is 5.95. The van der Waals surface area contributed by atoms with Crippen LogP contribution < -0.4 is 0 Å². The van der Waals surface area contributed by atoms with Crippen LogP contribution in [-0.2, 0) is 14.3 Å². The molecule has 0 spiro atoms. The number of aliphatic carboxylic acids is 1. The van der Waals surface area contributed by atoms with Crippen molar-refractivity contribution in [2.45, 2.75) is 77.2 Å². The predicted octanol–water partition coefficient (Wildman–Crippen LogP) is 4.13. The minimum Gasteiger partial charge on any atom is -0.481 e. The van der Waals surface area contributed by atoms with Crippen LogP contribution in [0.2, 0.25) is 0 Å². The van der Waals surface area contributed by atoms with Crippen molar-refractivity contribution >= 4 is 11.8 Å². The SMILES string of the molecule is CCCCCCCC1C(=O)C=CC1OCCCCCC(=O)O. The van der Waals surface area contributed by atoms with Crippen LogP contribution in [0.4, 0.5) is 0 Å². The number of carbonyl (C=O) groups is 2. The molecule has 2 unspecified atom stereocenters. The van der Waals surface area contributed by atoms with E-state index < -0.39 is 5.97 Å². The summed E-state index contributed by atoms with van der Waals surface area (Å²) >= 11 is 0. The van der Waals surface area contributed by atoms with E-state index in [4.69, 9.17) is 9.84 Å². The second-order valence-corrected chi connectivity index (χ2v) is 6.11. The van der Waals surface area contributed by atoms with E-state index >= 15 is 0 Å². The molecule has 0 amide bonds. The molecule has 2 atom stereocenters. The molecule has 4 nitrogen and oxygen atoms in total. The zero-order valence-corrected chi connectivity index (χ0v) is 13.8. The monoisotopic (exact) mass is 310 g/mol. The molecule has 1 N–H and O–H groups in total. The number of unbranched alkanes of at least 4 members (excludes halogenated alkanes) is 6. The number of ether oxygens (including phenoxy) is 1. The van der Waals surface area contributed by atoms with Crippen LogP contribution in [0.1, 0.15) is 71.1 Å². The lowest BCUT2D eigenvalue weighted by Crippen LogP contribution is -2.23. The van der Waals surface area contributed by atoms with Gasteiger partial charge in [-0.2, -0.15) is 0 Å². The maximum atomic E-state index is 11.9. The number of rotatable bonds is 13. The summed E-state index contributed by atoms with van der Waals surface area (Å²) in [6.07, 6.45) is 13.1. The molecule has 0 bridgehead atoms. The molecule has 22 heavy (non-hydrogen) atoms. The Morgan fingerprint density at radius 2 is 1.86 bits per heavy atom. The molecule has 4 heteroatoms. The van der Waals surface area contributed by atoms with Crippen LogP contribution in [0.3, 0.4) is 0 Å². The Bertz CT molecular complexity index is 362. The average Bonchev–Trinajstić information content (AvgIpc) is 2.83. The lowest BCUT2D eigenvalue weighted by atomic mass is 9.95. The summed E-state index contributed by atoms with van der Waals surface area (Å²) in [5, 5.41) is 8.57. The number of allylic oxidation sites excluding steroid dienone is 1. The Balaban J connectivity index is 2.14. The third-order valence-electron chi connectivity index (χ3n) is 4.18. The third-order valence-corrected chi connectivity index (χ3v) is 4.18. The zero-order valence-electron chi connectivity index (χ0n) is 13.8. The van der Waals surface area contributed by atoms with E-state index in [-0.39, 0.29) is 24.2 Å². The Kier molecular flexibility index (Phi) is 9.80. The van der Waals surface area contributed by atoms with Gasteiger partial charge in [0.15, 0.2) is 5.78 Å². The van der Waals surface area contributed by atoms with Gasteiger partial charge in [-0.3, -0.25) is 9.59 Å². The summed E-state index contributed by atoms with van der Waals surface area (Å²) in [5.41, 5.74) is 0. The Morgan fingerprint density at radius 1 is 1.14 bits per heavy atom. The number of carboxylic acid groups (broad SMARTS) is 1. The summed E-state index contributed by atoms with van der Waals surface area (Å²) in [4.78, 5) is 22.3. The van der Waals surface area contributed by atoms with Gasteiger partial charge in [0.05, 0.1) is 12.0 Å². The summed E-state index contributed by atoms with van der Waals surface area (Å²) in [5.74, 6) is -0.541. The van der Waals surface area contributed by atoms with Gasteiger partial charge in [-0.15, -0.1) is 0 Å². The molecular formula is C18H30O4. The summed E-state index contributed by atoms with van der Waals surface area (Å²) < 4.78 is 5.82. The topological polar surface area (TPSA) is 63.6 Å². The van der Waals surface area contributed by atoms with Gasteiger partial charge in [0.2, 0.25) is 0 Å². The molecule has 0 saturated carbocycles. The summed E-state index contributed by atoms with van der Waals surface area (Å²) in [6, 6.07) is 0. The number of hydrogen-bond acceptors (Lipinski definition) is 3. The minimum atomic E-state index is -0.742. The highest BCUT2D eigenvalue weighted by atomic mass is 16.5. The van der Waals surface area contributed by atoms with Crippen molar-refractivity contribution in [3.63, 3.8) is 0 Å². The Hall–Kier alpha value is -1.16. The van der Waals surface area contributed by atoms with E-state index in [1.165, 1.54) is 25.7 Å². The molecule has 1 aliphatic carbocycles. The first-order valence-corrected chi connectivity index (χ1v) is 8.70. The molecule has 0 radical (unpaired) electrons. The van der Waals surface area contributed by atoms with E-state index in [1.807, 2.05) is 6.08 Å². The number of carboxylic acids is 1. The standard InChI is InChI=1S/C18H30O4/c1-2-3-4-5-7-10-15-16(19)12-13-17(15)22-14-9-6-8-11-18(20)21/h12-13,15,17H,2-11,14H2,1H3,(H,20,21). The molecule has 0 aromatic heterocycles. The maximum absolute atomic E-state index is 11.9. The second-order valence-electron chi connectivity index (χ2n) is 6.11. The van der Waals surface area contributed by atoms with Crippen LogP contribution in [0.5, 0.6) is 0 Å². The lowest BCUT2D eigenvalue weighted by Gasteiger charge is -2.18. The zero-order chi connectivity index (χ0) is 16.2.